The molecule has 21 heavy (non-hydrogen) atoms. The Bertz CT molecular complexity index is 596. The zero-order valence-corrected chi connectivity index (χ0v) is 12.9. The van der Waals surface area contributed by atoms with Crippen LogP contribution in [0.4, 0.5) is 10.5 Å². The molecule has 1 fully saturated rings. The van der Waals surface area contributed by atoms with Crippen molar-refractivity contribution in [3.63, 3.8) is 0 Å². The van der Waals surface area contributed by atoms with Gasteiger partial charge in [-0.15, -0.1) is 0 Å². The lowest BCUT2D eigenvalue weighted by atomic mass is 10.2. The molecule has 2 amide bonds. The summed E-state index contributed by atoms with van der Waals surface area (Å²) >= 11 is 0. The number of rotatable bonds is 4. The van der Waals surface area contributed by atoms with Gasteiger partial charge in [0.1, 0.15) is 5.75 Å². The van der Waals surface area contributed by atoms with Crippen molar-refractivity contribution in [1.29, 1.82) is 0 Å². The van der Waals surface area contributed by atoms with Crippen LogP contribution in [0.15, 0.2) is 24.3 Å². The summed E-state index contributed by atoms with van der Waals surface area (Å²) in [5, 5.41) is 5.35. The molecule has 1 aliphatic rings. The lowest BCUT2D eigenvalue weighted by Crippen LogP contribution is -2.38. The van der Waals surface area contributed by atoms with Gasteiger partial charge in [0.05, 0.1) is 17.6 Å². The molecule has 0 aliphatic carbocycles. The summed E-state index contributed by atoms with van der Waals surface area (Å²) in [4.78, 5) is 11.8. The molecule has 1 saturated heterocycles. The van der Waals surface area contributed by atoms with E-state index in [2.05, 4.69) is 10.6 Å². The molecule has 1 aromatic rings. The first-order valence-corrected chi connectivity index (χ1v) is 8.71. The first kappa shape index (κ1) is 15.6. The maximum atomic E-state index is 11.8. The van der Waals surface area contributed by atoms with Gasteiger partial charge in [0.25, 0.3) is 0 Å². The standard InChI is InChI=1S/C14H20N2O4S/c1-10(2)20-13-5-3-11(4-6-13)15-14(17)16-12-7-8-21(18,19)9-12/h3-6,10,12H,7-9H2,1-2H3,(H2,15,16,17). The van der Waals surface area contributed by atoms with E-state index < -0.39 is 15.9 Å². The Morgan fingerprint density at radius 1 is 1.29 bits per heavy atom. The largest absolute Gasteiger partial charge is 0.491 e. The first-order valence-electron chi connectivity index (χ1n) is 6.89. The highest BCUT2D eigenvalue weighted by Gasteiger charge is 2.28. The number of nitrogens with one attached hydrogen (secondary N) is 2. The van der Waals surface area contributed by atoms with Gasteiger partial charge < -0.3 is 15.4 Å². The van der Waals surface area contributed by atoms with E-state index in [1.165, 1.54) is 0 Å². The Balaban J connectivity index is 1.85. The van der Waals surface area contributed by atoms with Gasteiger partial charge in [-0.05, 0) is 44.5 Å². The summed E-state index contributed by atoms with van der Waals surface area (Å²) in [6.45, 7) is 3.88. The molecule has 1 unspecified atom stereocenters. The fraction of sp³-hybridized carbons (Fsp3) is 0.500. The Kier molecular flexibility index (Phi) is 4.72. The van der Waals surface area contributed by atoms with Gasteiger partial charge in [-0.2, -0.15) is 0 Å². The fourth-order valence-electron chi connectivity index (χ4n) is 2.15. The van der Waals surface area contributed by atoms with Crippen molar-refractivity contribution in [1.82, 2.24) is 5.32 Å². The van der Waals surface area contributed by atoms with E-state index in [0.717, 1.165) is 5.75 Å². The van der Waals surface area contributed by atoms with E-state index in [4.69, 9.17) is 4.74 Å². The molecule has 0 aromatic heterocycles. The van der Waals surface area contributed by atoms with Crippen molar-refractivity contribution in [2.75, 3.05) is 16.8 Å². The minimum absolute atomic E-state index is 0.0155. The third-order valence-electron chi connectivity index (χ3n) is 3.05. The van der Waals surface area contributed by atoms with E-state index >= 15 is 0 Å². The van der Waals surface area contributed by atoms with Crippen LogP contribution in [0.1, 0.15) is 20.3 Å². The average molecular weight is 312 g/mol. The zero-order chi connectivity index (χ0) is 15.5. The van der Waals surface area contributed by atoms with Gasteiger partial charge in [0, 0.05) is 11.7 Å². The van der Waals surface area contributed by atoms with Gasteiger partial charge >= 0.3 is 6.03 Å². The van der Waals surface area contributed by atoms with Crippen molar-refractivity contribution in [2.45, 2.75) is 32.4 Å². The number of hydrogen-bond acceptors (Lipinski definition) is 4. The molecule has 116 valence electrons. The van der Waals surface area contributed by atoms with Gasteiger partial charge in [-0.1, -0.05) is 0 Å². The monoisotopic (exact) mass is 312 g/mol. The molecule has 1 heterocycles. The lowest BCUT2D eigenvalue weighted by Gasteiger charge is -2.13. The van der Waals surface area contributed by atoms with Crippen LogP contribution in [0, 0.1) is 0 Å². The van der Waals surface area contributed by atoms with Crippen LogP contribution < -0.4 is 15.4 Å². The number of amides is 2. The number of anilines is 1. The van der Waals surface area contributed by atoms with Crippen LogP contribution in [-0.2, 0) is 9.84 Å². The minimum Gasteiger partial charge on any atom is -0.491 e. The maximum absolute atomic E-state index is 11.8. The predicted molar refractivity (Wildman–Crippen MR) is 81.4 cm³/mol. The Morgan fingerprint density at radius 3 is 2.48 bits per heavy atom. The Hall–Kier alpha value is -1.76. The molecule has 1 atom stereocenters. The third kappa shape index (κ3) is 4.93. The smallest absolute Gasteiger partial charge is 0.319 e. The molecule has 1 aromatic carbocycles. The summed E-state index contributed by atoms with van der Waals surface area (Å²) in [5.74, 6) is 0.888. The highest BCUT2D eigenvalue weighted by molar-refractivity contribution is 7.91. The highest BCUT2D eigenvalue weighted by Crippen LogP contribution is 2.17. The topological polar surface area (TPSA) is 84.5 Å². The van der Waals surface area contributed by atoms with Gasteiger partial charge in [-0.3, -0.25) is 0 Å². The Morgan fingerprint density at radius 2 is 1.95 bits per heavy atom. The number of carbonyl (C=O) groups is 1. The summed E-state index contributed by atoms with van der Waals surface area (Å²) < 4.78 is 28.2. The molecule has 0 saturated carbocycles. The van der Waals surface area contributed by atoms with Crippen LogP contribution >= 0.6 is 0 Å². The van der Waals surface area contributed by atoms with Crippen molar-refractivity contribution >= 4 is 21.6 Å². The highest BCUT2D eigenvalue weighted by atomic mass is 32.2. The molecule has 0 spiro atoms. The van der Waals surface area contributed by atoms with Crippen molar-refractivity contribution in [2.24, 2.45) is 0 Å². The molecule has 6 nitrogen and oxygen atoms in total. The second-order valence-corrected chi connectivity index (χ2v) is 7.62. The quantitative estimate of drug-likeness (QED) is 0.887. The van der Waals surface area contributed by atoms with E-state index in [-0.39, 0.29) is 23.7 Å². The first-order chi connectivity index (χ1) is 9.84. The van der Waals surface area contributed by atoms with Crippen molar-refractivity contribution in [3.8, 4) is 5.75 Å². The number of urea groups is 1. The number of carbonyl (C=O) groups excluding carboxylic acids is 1. The van der Waals surface area contributed by atoms with Crippen molar-refractivity contribution < 1.29 is 17.9 Å². The predicted octanol–water partition coefficient (Wildman–Crippen LogP) is 1.78. The normalized spacial score (nSPS) is 20.2. The van der Waals surface area contributed by atoms with E-state index in [9.17, 15) is 13.2 Å². The second kappa shape index (κ2) is 6.34. The van der Waals surface area contributed by atoms with Gasteiger partial charge in [-0.25, -0.2) is 13.2 Å². The number of sulfone groups is 1. The van der Waals surface area contributed by atoms with Crippen molar-refractivity contribution in [3.05, 3.63) is 24.3 Å². The van der Waals surface area contributed by atoms with Gasteiger partial charge in [0.15, 0.2) is 9.84 Å². The molecular weight excluding hydrogens is 292 g/mol. The minimum atomic E-state index is -2.99. The number of hydrogen-bond donors (Lipinski definition) is 2. The summed E-state index contributed by atoms with van der Waals surface area (Å²) in [6, 6.07) is 6.32. The van der Waals surface area contributed by atoms with E-state index in [1.807, 2.05) is 13.8 Å². The zero-order valence-electron chi connectivity index (χ0n) is 12.1. The van der Waals surface area contributed by atoms with Crippen LogP contribution in [0.3, 0.4) is 0 Å². The van der Waals surface area contributed by atoms with Crippen LogP contribution in [0.25, 0.3) is 0 Å². The molecule has 0 bridgehead atoms. The summed E-state index contributed by atoms with van der Waals surface area (Å²) in [6.07, 6.45) is 0.563. The third-order valence-corrected chi connectivity index (χ3v) is 4.82. The second-order valence-electron chi connectivity index (χ2n) is 5.39. The number of ether oxygens (including phenoxy) is 1. The molecule has 1 aliphatic heterocycles. The molecular formula is C14H20N2O4S. The molecule has 7 heteroatoms. The maximum Gasteiger partial charge on any atom is 0.319 e. The SMILES string of the molecule is CC(C)Oc1ccc(NC(=O)NC2CCS(=O)(=O)C2)cc1. The molecule has 0 radical (unpaired) electrons. The average Bonchev–Trinajstić information content (AvgIpc) is 2.70. The molecule has 2 rings (SSSR count). The van der Waals surface area contributed by atoms with Crippen LogP contribution in [-0.4, -0.2) is 38.1 Å². The summed E-state index contributed by atoms with van der Waals surface area (Å²) in [7, 11) is -2.99. The van der Waals surface area contributed by atoms with E-state index in [0.29, 0.717) is 12.1 Å². The van der Waals surface area contributed by atoms with Crippen LogP contribution in [0.5, 0.6) is 5.75 Å². The van der Waals surface area contributed by atoms with Crippen LogP contribution in [0.2, 0.25) is 0 Å². The fourth-order valence-corrected chi connectivity index (χ4v) is 3.82. The van der Waals surface area contributed by atoms with Gasteiger partial charge in [0.2, 0.25) is 0 Å². The Labute approximate surface area is 124 Å². The number of benzene rings is 1. The lowest BCUT2D eigenvalue weighted by molar-refractivity contribution is 0.242. The van der Waals surface area contributed by atoms with E-state index in [1.54, 1.807) is 24.3 Å². The summed E-state index contributed by atoms with van der Waals surface area (Å²) in [5.41, 5.74) is 0.629. The molecule has 2 N–H and O–H groups in total.